The first-order valence-electron chi connectivity index (χ1n) is 5.68. The maximum Gasteiger partial charge on any atom is 0.276 e. The van der Waals surface area contributed by atoms with Crippen LogP contribution in [0, 0.1) is 4.77 Å². The second-order valence-corrected chi connectivity index (χ2v) is 6.21. The molecule has 3 rings (SSSR count). The maximum atomic E-state index is 12.5. The second-order valence-electron chi connectivity index (χ2n) is 4.05. The van der Waals surface area contributed by atoms with E-state index >= 15 is 0 Å². The smallest absolute Gasteiger partial charge is 0.276 e. The number of nitrogens with one attached hydrogen (secondary N) is 1. The molecule has 1 aromatic carbocycles. The molecule has 1 N–H and O–H groups in total. The lowest BCUT2D eigenvalue weighted by Gasteiger charge is -2.09. The molecule has 0 bridgehead atoms. The van der Waals surface area contributed by atoms with E-state index < -0.39 is 0 Å². The number of H-pyrrole nitrogens is 1. The Morgan fingerprint density at radius 1 is 1.40 bits per heavy atom. The summed E-state index contributed by atoms with van der Waals surface area (Å²) in [4.78, 5) is 15.6. The van der Waals surface area contributed by atoms with Crippen LogP contribution >= 0.6 is 39.5 Å². The molecule has 2 heterocycles. The molecule has 102 valence electrons. The topological polar surface area (TPSA) is 47.0 Å². The highest BCUT2D eigenvalue weighted by molar-refractivity contribution is 9.10. The van der Waals surface area contributed by atoms with Gasteiger partial charge in [-0.1, -0.05) is 0 Å². The van der Waals surface area contributed by atoms with Gasteiger partial charge in [-0.15, -0.1) is 11.3 Å². The maximum absolute atomic E-state index is 12.5. The van der Waals surface area contributed by atoms with Crippen molar-refractivity contribution in [3.63, 3.8) is 0 Å². The van der Waals surface area contributed by atoms with E-state index in [1.807, 2.05) is 17.5 Å². The van der Waals surface area contributed by atoms with E-state index in [0.717, 1.165) is 9.99 Å². The van der Waals surface area contributed by atoms with Gasteiger partial charge in [0.25, 0.3) is 5.56 Å². The third kappa shape index (κ3) is 2.11. The van der Waals surface area contributed by atoms with Gasteiger partial charge in [-0.05, 0) is 57.8 Å². The Bertz CT molecular complexity index is 911. The largest absolute Gasteiger partial charge is 0.496 e. The van der Waals surface area contributed by atoms with Crippen LogP contribution in [0.1, 0.15) is 0 Å². The van der Waals surface area contributed by atoms with Crippen LogP contribution < -0.4 is 10.3 Å². The van der Waals surface area contributed by atoms with Gasteiger partial charge in [0, 0.05) is 0 Å². The summed E-state index contributed by atoms with van der Waals surface area (Å²) in [6, 6.07) is 7.25. The molecule has 0 amide bonds. The first-order valence-corrected chi connectivity index (χ1v) is 7.76. The van der Waals surface area contributed by atoms with E-state index in [1.54, 1.807) is 19.2 Å². The van der Waals surface area contributed by atoms with Crippen LogP contribution in [0.2, 0.25) is 0 Å². The standard InChI is InChI=1S/C13H9BrN2O2S2/c1-18-10-3-2-7(6-8(10)14)16-12(17)11-9(4-5-20-11)15-13(16)19/h2-6H,1H3,(H,15,19). The van der Waals surface area contributed by atoms with Crippen LogP contribution in [-0.2, 0) is 0 Å². The lowest BCUT2D eigenvalue weighted by atomic mass is 10.3. The molecule has 0 spiro atoms. The minimum Gasteiger partial charge on any atom is -0.496 e. The number of ether oxygens (including phenoxy) is 1. The zero-order valence-corrected chi connectivity index (χ0v) is 13.6. The van der Waals surface area contributed by atoms with Crippen molar-refractivity contribution in [3.8, 4) is 11.4 Å². The van der Waals surface area contributed by atoms with Gasteiger partial charge in [0.15, 0.2) is 4.77 Å². The summed E-state index contributed by atoms with van der Waals surface area (Å²) in [6.07, 6.45) is 0. The fraction of sp³-hybridized carbons (Fsp3) is 0.0769. The normalized spacial score (nSPS) is 10.9. The molecule has 0 atom stereocenters. The van der Waals surface area contributed by atoms with E-state index in [1.165, 1.54) is 15.9 Å². The van der Waals surface area contributed by atoms with E-state index in [2.05, 4.69) is 20.9 Å². The first-order chi connectivity index (χ1) is 9.61. The number of benzene rings is 1. The number of nitrogens with zero attached hydrogens (tertiary/aromatic N) is 1. The summed E-state index contributed by atoms with van der Waals surface area (Å²) in [5.41, 5.74) is 1.35. The van der Waals surface area contributed by atoms with Crippen LogP contribution in [0.25, 0.3) is 15.9 Å². The molecule has 4 nitrogen and oxygen atoms in total. The molecule has 0 aliphatic rings. The Morgan fingerprint density at radius 3 is 2.90 bits per heavy atom. The minimum absolute atomic E-state index is 0.115. The van der Waals surface area contributed by atoms with Crippen LogP contribution in [0.5, 0.6) is 5.75 Å². The number of aromatic amines is 1. The van der Waals surface area contributed by atoms with E-state index in [9.17, 15) is 4.79 Å². The Labute approximate surface area is 131 Å². The van der Waals surface area contributed by atoms with Crippen LogP contribution in [0.3, 0.4) is 0 Å². The zero-order valence-electron chi connectivity index (χ0n) is 10.3. The van der Waals surface area contributed by atoms with Crippen molar-refractivity contribution in [2.24, 2.45) is 0 Å². The second kappa shape index (κ2) is 5.16. The lowest BCUT2D eigenvalue weighted by molar-refractivity contribution is 0.412. The quantitative estimate of drug-likeness (QED) is 0.698. The third-order valence-electron chi connectivity index (χ3n) is 2.90. The van der Waals surface area contributed by atoms with E-state index in [4.69, 9.17) is 17.0 Å². The Kier molecular flexibility index (Phi) is 3.49. The molecule has 0 aliphatic heterocycles. The summed E-state index contributed by atoms with van der Waals surface area (Å²) >= 11 is 10.1. The van der Waals surface area contributed by atoms with Crippen LogP contribution in [0.4, 0.5) is 0 Å². The summed E-state index contributed by atoms with van der Waals surface area (Å²) < 4.78 is 8.47. The van der Waals surface area contributed by atoms with E-state index in [-0.39, 0.29) is 5.56 Å². The fourth-order valence-corrected chi connectivity index (χ4v) is 3.57. The average molecular weight is 369 g/mol. The fourth-order valence-electron chi connectivity index (χ4n) is 1.97. The Morgan fingerprint density at radius 2 is 2.20 bits per heavy atom. The predicted molar refractivity (Wildman–Crippen MR) is 86.9 cm³/mol. The first kappa shape index (κ1) is 13.5. The zero-order chi connectivity index (χ0) is 14.3. The monoisotopic (exact) mass is 368 g/mol. The van der Waals surface area contributed by atoms with Crippen LogP contribution in [0.15, 0.2) is 38.9 Å². The average Bonchev–Trinajstić information content (AvgIpc) is 2.87. The van der Waals surface area contributed by atoms with Gasteiger partial charge in [-0.3, -0.25) is 9.36 Å². The molecule has 2 aromatic heterocycles. The van der Waals surface area contributed by atoms with Crippen molar-refractivity contribution in [3.05, 3.63) is 49.2 Å². The van der Waals surface area contributed by atoms with Crippen LogP contribution in [-0.4, -0.2) is 16.7 Å². The third-order valence-corrected chi connectivity index (χ3v) is 4.71. The molecular formula is C13H9BrN2O2S2. The SMILES string of the molecule is COc1ccc(-n2c(=S)[nH]c3ccsc3c2=O)cc1Br. The van der Waals surface area contributed by atoms with Gasteiger partial charge in [0.1, 0.15) is 10.4 Å². The number of hydrogen-bond donors (Lipinski definition) is 1. The number of methoxy groups -OCH3 is 1. The molecule has 0 fully saturated rings. The summed E-state index contributed by atoms with van der Waals surface area (Å²) in [7, 11) is 1.59. The molecular weight excluding hydrogens is 360 g/mol. The number of halogens is 1. The molecule has 0 saturated carbocycles. The Balaban J connectivity index is 2.32. The highest BCUT2D eigenvalue weighted by Gasteiger charge is 2.10. The minimum atomic E-state index is -0.115. The van der Waals surface area contributed by atoms with Gasteiger partial charge in [0.2, 0.25) is 0 Å². The highest BCUT2D eigenvalue weighted by atomic mass is 79.9. The van der Waals surface area contributed by atoms with Gasteiger partial charge in [-0.2, -0.15) is 0 Å². The summed E-state index contributed by atoms with van der Waals surface area (Å²) in [5, 5.41) is 1.87. The molecule has 0 radical (unpaired) electrons. The summed E-state index contributed by atoms with van der Waals surface area (Å²) in [6.45, 7) is 0. The van der Waals surface area contributed by atoms with Gasteiger partial charge in [0.05, 0.1) is 22.8 Å². The van der Waals surface area contributed by atoms with Crippen molar-refractivity contribution in [2.45, 2.75) is 0 Å². The number of fused-ring (bicyclic) bond motifs is 1. The number of thiophene rings is 1. The lowest BCUT2D eigenvalue weighted by Crippen LogP contribution is -2.19. The Hall–Kier alpha value is -1.44. The molecule has 20 heavy (non-hydrogen) atoms. The van der Waals surface area contributed by atoms with Gasteiger partial charge < -0.3 is 9.72 Å². The highest BCUT2D eigenvalue weighted by Crippen LogP contribution is 2.27. The number of aromatic nitrogens is 2. The van der Waals surface area contributed by atoms with Crippen molar-refractivity contribution < 1.29 is 4.74 Å². The molecule has 0 saturated heterocycles. The molecule has 0 unspecified atom stereocenters. The van der Waals surface area contributed by atoms with Crippen molar-refractivity contribution in [2.75, 3.05) is 7.11 Å². The number of rotatable bonds is 2. The number of hydrogen-bond acceptors (Lipinski definition) is 4. The molecule has 7 heteroatoms. The van der Waals surface area contributed by atoms with Gasteiger partial charge in [-0.25, -0.2) is 0 Å². The molecule has 0 aliphatic carbocycles. The van der Waals surface area contributed by atoms with Gasteiger partial charge >= 0.3 is 0 Å². The van der Waals surface area contributed by atoms with Crippen molar-refractivity contribution in [1.82, 2.24) is 9.55 Å². The van der Waals surface area contributed by atoms with Crippen molar-refractivity contribution in [1.29, 1.82) is 0 Å². The molecule has 3 aromatic rings. The predicted octanol–water partition coefficient (Wildman–Crippen LogP) is 3.88. The van der Waals surface area contributed by atoms with E-state index in [0.29, 0.717) is 20.9 Å². The summed E-state index contributed by atoms with van der Waals surface area (Å²) in [5.74, 6) is 0.703. The van der Waals surface area contributed by atoms with Crippen molar-refractivity contribution >= 4 is 49.7 Å².